The van der Waals surface area contributed by atoms with Crippen molar-refractivity contribution in [3.05, 3.63) is 107 Å². The van der Waals surface area contributed by atoms with Crippen molar-refractivity contribution in [3.8, 4) is 11.1 Å². The van der Waals surface area contributed by atoms with Gasteiger partial charge in [0.15, 0.2) is 0 Å². The first-order valence-electron chi connectivity index (χ1n) is 12.4. The van der Waals surface area contributed by atoms with E-state index >= 15 is 4.39 Å². The minimum Gasteiger partial charge on any atom is -0.207 e. The molecule has 0 amide bonds. The van der Waals surface area contributed by atoms with Crippen LogP contribution in [0.25, 0.3) is 21.9 Å². The summed E-state index contributed by atoms with van der Waals surface area (Å²) in [6.45, 7) is 2.15. The number of benzene rings is 4. The summed E-state index contributed by atoms with van der Waals surface area (Å²) in [5.74, 6) is -1.82. The maximum Gasteiger partial charge on any atom is 0.134 e. The topological polar surface area (TPSA) is 0 Å². The Labute approximate surface area is 204 Å². The van der Waals surface area contributed by atoms with Gasteiger partial charge < -0.3 is 0 Å². The molecule has 0 N–H and O–H groups in total. The smallest absolute Gasteiger partial charge is 0.134 e. The normalized spacial score (nSPS) is 11.3. The van der Waals surface area contributed by atoms with Crippen molar-refractivity contribution in [1.82, 2.24) is 0 Å². The lowest BCUT2D eigenvalue weighted by Gasteiger charge is -2.11. The van der Waals surface area contributed by atoms with Crippen LogP contribution >= 0.6 is 0 Å². The Morgan fingerprint density at radius 1 is 0.600 bits per heavy atom. The zero-order valence-corrected chi connectivity index (χ0v) is 20.0. The van der Waals surface area contributed by atoms with Crippen molar-refractivity contribution in [3.63, 3.8) is 0 Å². The highest BCUT2D eigenvalue weighted by Crippen LogP contribution is 2.32. The largest absolute Gasteiger partial charge is 0.207 e. The van der Waals surface area contributed by atoms with E-state index < -0.39 is 11.6 Å². The fourth-order valence-electron chi connectivity index (χ4n) is 4.59. The van der Waals surface area contributed by atoms with Gasteiger partial charge in [-0.05, 0) is 83.7 Å². The average molecular weight is 479 g/mol. The molecule has 0 aliphatic heterocycles. The minimum absolute atomic E-state index is 0.0811. The number of rotatable bonds is 10. The van der Waals surface area contributed by atoms with Gasteiger partial charge in [-0.25, -0.2) is 17.6 Å². The minimum atomic E-state index is -0.593. The summed E-state index contributed by atoms with van der Waals surface area (Å²) in [7, 11) is 0. The third-order valence-electron chi connectivity index (χ3n) is 6.59. The summed E-state index contributed by atoms with van der Waals surface area (Å²) in [4.78, 5) is 0. The summed E-state index contributed by atoms with van der Waals surface area (Å²) < 4.78 is 58.1. The molecule has 0 unspecified atom stereocenters. The standard InChI is InChI=1S/C31H30F4/c1-2-3-4-5-6-7-22-18-28(33)30(29(34)19-22)25-14-17-27-24(20-25)13-12-23(31(27)35)11-8-21-9-15-26(32)16-10-21/h9-10,12-20H,2-8,11H2,1H3. The summed E-state index contributed by atoms with van der Waals surface area (Å²) in [5, 5.41) is 0.999. The molecule has 4 heteroatoms. The molecule has 0 aliphatic carbocycles. The second-order valence-electron chi connectivity index (χ2n) is 9.20. The van der Waals surface area contributed by atoms with Gasteiger partial charge >= 0.3 is 0 Å². The van der Waals surface area contributed by atoms with Crippen LogP contribution in [0.15, 0.2) is 66.7 Å². The van der Waals surface area contributed by atoms with E-state index in [4.69, 9.17) is 0 Å². The highest BCUT2D eigenvalue weighted by Gasteiger charge is 2.15. The van der Waals surface area contributed by atoms with E-state index in [1.165, 1.54) is 30.7 Å². The quantitative estimate of drug-likeness (QED) is 0.157. The first-order valence-corrected chi connectivity index (χ1v) is 12.4. The molecule has 0 fully saturated rings. The van der Waals surface area contributed by atoms with Crippen molar-refractivity contribution in [1.29, 1.82) is 0 Å². The van der Waals surface area contributed by atoms with Crippen molar-refractivity contribution >= 4 is 10.8 Å². The molecule has 0 spiro atoms. The second-order valence-corrected chi connectivity index (χ2v) is 9.20. The lowest BCUT2D eigenvalue weighted by molar-refractivity contribution is 0.581. The lowest BCUT2D eigenvalue weighted by Crippen LogP contribution is -1.97. The van der Waals surface area contributed by atoms with Crippen LogP contribution in [0, 0.1) is 23.3 Å². The molecule has 0 heterocycles. The Morgan fingerprint density at radius 3 is 2.03 bits per heavy atom. The zero-order chi connectivity index (χ0) is 24.8. The number of fused-ring (bicyclic) bond motifs is 1. The van der Waals surface area contributed by atoms with Crippen LogP contribution in [0.3, 0.4) is 0 Å². The molecule has 0 bridgehead atoms. The van der Waals surface area contributed by atoms with Crippen LogP contribution in [0.1, 0.15) is 55.7 Å². The fourth-order valence-corrected chi connectivity index (χ4v) is 4.59. The second kappa shape index (κ2) is 11.5. The molecule has 4 rings (SSSR count). The Kier molecular flexibility index (Phi) is 8.22. The first kappa shape index (κ1) is 25.0. The molecule has 0 radical (unpaired) electrons. The maximum absolute atomic E-state index is 15.2. The van der Waals surface area contributed by atoms with E-state index in [1.54, 1.807) is 42.5 Å². The van der Waals surface area contributed by atoms with Crippen molar-refractivity contribution in [2.75, 3.05) is 0 Å². The highest BCUT2D eigenvalue weighted by atomic mass is 19.1. The van der Waals surface area contributed by atoms with Gasteiger partial charge in [0, 0.05) is 5.39 Å². The Morgan fingerprint density at radius 2 is 1.31 bits per heavy atom. The van der Waals surface area contributed by atoms with Gasteiger partial charge in [0.05, 0.1) is 5.56 Å². The molecule has 0 saturated heterocycles. The summed E-state index contributed by atoms with van der Waals surface area (Å²) in [6, 6.07) is 17.3. The van der Waals surface area contributed by atoms with Crippen LogP contribution in [0.5, 0.6) is 0 Å². The van der Waals surface area contributed by atoms with E-state index in [0.717, 1.165) is 31.2 Å². The Balaban J connectivity index is 1.52. The van der Waals surface area contributed by atoms with Gasteiger partial charge in [0.1, 0.15) is 23.3 Å². The summed E-state index contributed by atoms with van der Waals surface area (Å²) >= 11 is 0. The van der Waals surface area contributed by atoms with Crippen LogP contribution in [-0.4, -0.2) is 0 Å². The van der Waals surface area contributed by atoms with Crippen molar-refractivity contribution in [2.24, 2.45) is 0 Å². The number of hydrogen-bond donors (Lipinski definition) is 0. The summed E-state index contributed by atoms with van der Waals surface area (Å²) in [6.07, 6.45) is 7.16. The molecule has 4 aromatic carbocycles. The number of unbranched alkanes of at least 4 members (excludes halogenated alkanes) is 4. The molecule has 0 aliphatic rings. The third-order valence-corrected chi connectivity index (χ3v) is 6.59. The van der Waals surface area contributed by atoms with E-state index in [2.05, 4.69) is 6.92 Å². The van der Waals surface area contributed by atoms with Gasteiger partial charge in [-0.2, -0.15) is 0 Å². The van der Waals surface area contributed by atoms with Crippen molar-refractivity contribution in [2.45, 2.75) is 58.3 Å². The van der Waals surface area contributed by atoms with E-state index in [1.807, 2.05) is 0 Å². The molecule has 0 aromatic heterocycles. The monoisotopic (exact) mass is 478 g/mol. The van der Waals surface area contributed by atoms with Crippen LogP contribution in [-0.2, 0) is 19.3 Å². The van der Waals surface area contributed by atoms with Gasteiger partial charge in [-0.15, -0.1) is 0 Å². The van der Waals surface area contributed by atoms with E-state index in [-0.39, 0.29) is 17.2 Å². The lowest BCUT2D eigenvalue weighted by atomic mass is 9.95. The molecule has 182 valence electrons. The highest BCUT2D eigenvalue weighted by molar-refractivity contribution is 5.88. The molecule has 0 atom stereocenters. The van der Waals surface area contributed by atoms with Crippen LogP contribution in [0.4, 0.5) is 17.6 Å². The molecular formula is C31H30F4. The number of hydrogen-bond acceptors (Lipinski definition) is 0. The predicted octanol–water partition coefficient (Wildman–Crippen LogP) is 9.36. The van der Waals surface area contributed by atoms with Gasteiger partial charge in [0.2, 0.25) is 0 Å². The van der Waals surface area contributed by atoms with Crippen LogP contribution < -0.4 is 0 Å². The average Bonchev–Trinajstić information content (AvgIpc) is 2.84. The zero-order valence-electron chi connectivity index (χ0n) is 20.0. The SMILES string of the molecule is CCCCCCCc1cc(F)c(-c2ccc3c(F)c(CCc4ccc(F)cc4)ccc3c2)c(F)c1. The van der Waals surface area contributed by atoms with E-state index in [0.29, 0.717) is 46.7 Å². The molecule has 35 heavy (non-hydrogen) atoms. The van der Waals surface area contributed by atoms with Crippen LogP contribution in [0.2, 0.25) is 0 Å². The van der Waals surface area contributed by atoms with Gasteiger partial charge in [0.25, 0.3) is 0 Å². The number of aryl methyl sites for hydroxylation is 3. The maximum atomic E-state index is 15.2. The first-order chi connectivity index (χ1) is 17.0. The molecule has 0 saturated carbocycles. The third kappa shape index (κ3) is 6.11. The molecular weight excluding hydrogens is 448 g/mol. The predicted molar refractivity (Wildman–Crippen MR) is 136 cm³/mol. The van der Waals surface area contributed by atoms with Crippen molar-refractivity contribution < 1.29 is 17.6 Å². The Hall–Kier alpha value is -3.14. The molecule has 4 aromatic rings. The van der Waals surface area contributed by atoms with Gasteiger partial charge in [-0.1, -0.05) is 69.0 Å². The van der Waals surface area contributed by atoms with E-state index in [9.17, 15) is 13.2 Å². The number of halogens is 4. The van der Waals surface area contributed by atoms with Gasteiger partial charge in [-0.3, -0.25) is 0 Å². The Bertz CT molecular complexity index is 1270. The summed E-state index contributed by atoms with van der Waals surface area (Å²) in [5.41, 5.74) is 2.45. The molecule has 0 nitrogen and oxygen atoms in total. The fraction of sp³-hybridized carbons (Fsp3) is 0.290.